The van der Waals surface area contributed by atoms with Crippen LogP contribution in [0, 0.1) is 0 Å². The molecule has 1 heterocycles. The summed E-state index contributed by atoms with van der Waals surface area (Å²) in [6.45, 7) is 0. The second-order valence-corrected chi connectivity index (χ2v) is 3.42. The molecule has 0 unspecified atom stereocenters. The van der Waals surface area contributed by atoms with Gasteiger partial charge >= 0.3 is 5.97 Å². The Morgan fingerprint density at radius 2 is 1.87 bits per heavy atom. The van der Waals surface area contributed by atoms with Gasteiger partial charge in [-0.3, -0.25) is 0 Å². The van der Waals surface area contributed by atoms with Crippen molar-refractivity contribution in [2.24, 2.45) is 0 Å². The Morgan fingerprint density at radius 3 is 2.40 bits per heavy atom. The van der Waals surface area contributed by atoms with Crippen molar-refractivity contribution in [3.05, 3.63) is 48.3 Å². The lowest BCUT2D eigenvalue weighted by Gasteiger charge is -2.06. The van der Waals surface area contributed by atoms with E-state index in [1.807, 2.05) is 41.2 Å². The Kier molecular flexibility index (Phi) is 2.63. The monoisotopic (exact) mass is 202 g/mol. The average molecular weight is 202 g/mol. The Balaban J connectivity index is 2.15. The minimum atomic E-state index is -0.816. The third kappa shape index (κ3) is 2.13. The summed E-state index contributed by atoms with van der Waals surface area (Å²) in [6.07, 6.45) is 8.85. The van der Waals surface area contributed by atoms with Crippen LogP contribution in [0.1, 0.15) is 12.8 Å². The molecule has 3 heteroatoms. The second-order valence-electron chi connectivity index (χ2n) is 3.42. The number of hydrogen-bond donors (Lipinski definition) is 1. The van der Waals surface area contributed by atoms with Gasteiger partial charge < -0.3 is 5.11 Å². The quantitative estimate of drug-likeness (QED) is 0.740. The number of rotatable bonds is 2. The standard InChI is InChI=1S/C12H11NO2/c14-12(15)10-4-6-11(7-5-10)13-8-2-1-3-9-13/h1-4,7-9H,5-6H2/p+1. The van der Waals surface area contributed by atoms with Crippen molar-refractivity contribution >= 4 is 11.7 Å². The summed E-state index contributed by atoms with van der Waals surface area (Å²) in [7, 11) is 0. The highest BCUT2D eigenvalue weighted by Crippen LogP contribution is 2.16. The maximum atomic E-state index is 10.7. The summed E-state index contributed by atoms with van der Waals surface area (Å²) >= 11 is 0. The minimum absolute atomic E-state index is 0.482. The lowest BCUT2D eigenvalue weighted by atomic mass is 10.0. The van der Waals surface area contributed by atoms with Gasteiger partial charge in [0.15, 0.2) is 18.1 Å². The smallest absolute Gasteiger partial charge is 0.331 e. The fourth-order valence-corrected chi connectivity index (χ4v) is 1.60. The molecule has 0 bridgehead atoms. The highest BCUT2D eigenvalue weighted by molar-refractivity contribution is 5.87. The number of carboxylic acid groups (broad SMARTS) is 1. The molecular formula is C12H12NO2+. The van der Waals surface area contributed by atoms with Crippen LogP contribution in [-0.2, 0) is 4.79 Å². The Hall–Kier alpha value is -1.90. The van der Waals surface area contributed by atoms with Crippen LogP contribution >= 0.6 is 0 Å². The van der Waals surface area contributed by atoms with Gasteiger partial charge in [-0.15, -0.1) is 0 Å². The molecule has 0 aromatic carbocycles. The van der Waals surface area contributed by atoms with Gasteiger partial charge in [0.25, 0.3) is 0 Å². The molecule has 0 fully saturated rings. The van der Waals surface area contributed by atoms with Crippen molar-refractivity contribution in [2.45, 2.75) is 12.8 Å². The number of carboxylic acids is 1. The topological polar surface area (TPSA) is 41.2 Å². The molecule has 0 radical (unpaired) electrons. The Bertz CT molecular complexity index is 432. The number of aliphatic carboxylic acids is 1. The lowest BCUT2D eigenvalue weighted by molar-refractivity contribution is -0.583. The van der Waals surface area contributed by atoms with Crippen molar-refractivity contribution in [2.75, 3.05) is 0 Å². The van der Waals surface area contributed by atoms with Gasteiger partial charge in [-0.2, -0.15) is 4.57 Å². The second kappa shape index (κ2) is 4.09. The predicted molar refractivity (Wildman–Crippen MR) is 55.9 cm³/mol. The molecule has 1 aliphatic rings. The first kappa shape index (κ1) is 9.65. The number of allylic oxidation sites excluding steroid dienone is 3. The van der Waals surface area contributed by atoms with E-state index in [-0.39, 0.29) is 0 Å². The zero-order valence-corrected chi connectivity index (χ0v) is 8.26. The fraction of sp³-hybridized carbons (Fsp3) is 0.167. The van der Waals surface area contributed by atoms with Crippen molar-refractivity contribution < 1.29 is 14.5 Å². The first-order valence-electron chi connectivity index (χ1n) is 4.85. The molecule has 1 N–H and O–H groups in total. The Morgan fingerprint density at radius 1 is 1.13 bits per heavy atom. The molecule has 1 aromatic heterocycles. The first-order valence-corrected chi connectivity index (χ1v) is 4.85. The summed E-state index contributed by atoms with van der Waals surface area (Å²) in [6, 6.07) is 5.87. The first-order chi connectivity index (χ1) is 7.27. The van der Waals surface area contributed by atoms with E-state index in [9.17, 15) is 4.79 Å². The molecule has 0 amide bonds. The summed E-state index contributed by atoms with van der Waals surface area (Å²) in [5.74, 6) is -0.816. The van der Waals surface area contributed by atoms with E-state index in [4.69, 9.17) is 5.11 Å². The van der Waals surface area contributed by atoms with Crippen LogP contribution in [0.25, 0.3) is 5.70 Å². The molecule has 0 aliphatic heterocycles. The SMILES string of the molecule is O=C(O)C1=CCC([n+]2ccccc2)=CC1. The van der Waals surface area contributed by atoms with Crippen LogP contribution in [0.15, 0.2) is 48.3 Å². The summed E-state index contributed by atoms with van der Waals surface area (Å²) in [5, 5.41) is 8.79. The molecule has 1 aliphatic carbocycles. The Labute approximate surface area is 88.0 Å². The van der Waals surface area contributed by atoms with Crippen molar-refractivity contribution in [1.82, 2.24) is 0 Å². The molecule has 2 rings (SSSR count). The molecule has 0 atom stereocenters. The van der Waals surface area contributed by atoms with E-state index in [2.05, 4.69) is 0 Å². The normalized spacial score (nSPS) is 15.5. The van der Waals surface area contributed by atoms with Gasteiger partial charge in [-0.25, -0.2) is 4.79 Å². The number of nitrogens with zero attached hydrogens (tertiary/aromatic N) is 1. The molecule has 0 saturated heterocycles. The van der Waals surface area contributed by atoms with Crippen LogP contribution in [0.3, 0.4) is 0 Å². The maximum absolute atomic E-state index is 10.7. The fourth-order valence-electron chi connectivity index (χ4n) is 1.60. The van der Waals surface area contributed by atoms with E-state index in [0.717, 1.165) is 5.70 Å². The third-order valence-corrected chi connectivity index (χ3v) is 2.44. The van der Waals surface area contributed by atoms with Gasteiger partial charge in [0.1, 0.15) is 0 Å². The minimum Gasteiger partial charge on any atom is -0.478 e. The van der Waals surface area contributed by atoms with Crippen LogP contribution in [0.2, 0.25) is 0 Å². The number of hydrogen-bond acceptors (Lipinski definition) is 1. The largest absolute Gasteiger partial charge is 0.478 e. The lowest BCUT2D eigenvalue weighted by Crippen LogP contribution is -2.31. The molecular weight excluding hydrogens is 190 g/mol. The highest BCUT2D eigenvalue weighted by Gasteiger charge is 2.16. The number of aromatic nitrogens is 1. The van der Waals surface area contributed by atoms with Crippen LogP contribution in [0.5, 0.6) is 0 Å². The zero-order chi connectivity index (χ0) is 10.7. The van der Waals surface area contributed by atoms with E-state index in [0.29, 0.717) is 18.4 Å². The molecule has 3 nitrogen and oxygen atoms in total. The van der Waals surface area contributed by atoms with E-state index in [1.165, 1.54) is 0 Å². The molecule has 0 saturated carbocycles. The van der Waals surface area contributed by atoms with Crippen LogP contribution < -0.4 is 4.57 Å². The highest BCUT2D eigenvalue weighted by atomic mass is 16.4. The molecule has 15 heavy (non-hydrogen) atoms. The number of pyridine rings is 1. The average Bonchev–Trinajstić information content (AvgIpc) is 2.30. The van der Waals surface area contributed by atoms with E-state index < -0.39 is 5.97 Å². The third-order valence-electron chi connectivity index (χ3n) is 2.44. The summed E-state index contributed by atoms with van der Waals surface area (Å²) in [5.41, 5.74) is 1.61. The van der Waals surface area contributed by atoms with Gasteiger partial charge in [-0.1, -0.05) is 12.1 Å². The zero-order valence-electron chi connectivity index (χ0n) is 8.26. The van der Waals surface area contributed by atoms with Crippen LogP contribution in [-0.4, -0.2) is 11.1 Å². The van der Waals surface area contributed by atoms with Crippen molar-refractivity contribution in [3.63, 3.8) is 0 Å². The van der Waals surface area contributed by atoms with E-state index >= 15 is 0 Å². The molecule has 76 valence electrons. The van der Waals surface area contributed by atoms with Gasteiger partial charge in [-0.05, 0) is 6.08 Å². The van der Waals surface area contributed by atoms with Crippen molar-refractivity contribution in [1.29, 1.82) is 0 Å². The summed E-state index contributed by atoms with van der Waals surface area (Å²) in [4.78, 5) is 10.7. The maximum Gasteiger partial charge on any atom is 0.331 e. The number of carbonyl (C=O) groups is 1. The van der Waals surface area contributed by atoms with E-state index in [1.54, 1.807) is 6.08 Å². The van der Waals surface area contributed by atoms with Gasteiger partial charge in [0.05, 0.1) is 6.42 Å². The predicted octanol–water partition coefficient (Wildman–Crippen LogP) is 1.62. The summed E-state index contributed by atoms with van der Waals surface area (Å²) < 4.78 is 2.01. The van der Waals surface area contributed by atoms with Gasteiger partial charge in [0, 0.05) is 24.1 Å². The van der Waals surface area contributed by atoms with Crippen LogP contribution in [0.4, 0.5) is 0 Å². The molecule has 1 aromatic rings. The van der Waals surface area contributed by atoms with Crippen molar-refractivity contribution in [3.8, 4) is 0 Å². The van der Waals surface area contributed by atoms with Gasteiger partial charge in [0.2, 0.25) is 0 Å². The molecule has 0 spiro atoms.